The summed E-state index contributed by atoms with van der Waals surface area (Å²) < 4.78 is 5.29. The first-order chi connectivity index (χ1) is 8.73. The number of hydrogen-bond acceptors (Lipinski definition) is 2. The van der Waals surface area contributed by atoms with Gasteiger partial charge >= 0.3 is 5.97 Å². The minimum atomic E-state index is -0.388. The van der Waals surface area contributed by atoms with Gasteiger partial charge in [0, 0.05) is 5.33 Å². The molecule has 1 aliphatic carbocycles. The van der Waals surface area contributed by atoms with Crippen LogP contribution in [0.15, 0.2) is 24.3 Å². The molecule has 1 saturated carbocycles. The molecule has 0 N–H and O–H groups in total. The second-order valence-electron chi connectivity index (χ2n) is 4.84. The summed E-state index contributed by atoms with van der Waals surface area (Å²) in [5.74, 6) is -0.0471. The maximum Gasteiger partial charge on any atom is 0.316 e. The van der Waals surface area contributed by atoms with Crippen LogP contribution >= 0.6 is 15.9 Å². The molecule has 0 aliphatic heterocycles. The van der Waals surface area contributed by atoms with Gasteiger partial charge < -0.3 is 4.74 Å². The van der Waals surface area contributed by atoms with Crippen LogP contribution in [0.3, 0.4) is 0 Å². The van der Waals surface area contributed by atoms with Crippen LogP contribution in [0.25, 0.3) is 0 Å². The first kappa shape index (κ1) is 13.6. The van der Waals surface area contributed by atoms with Gasteiger partial charge in [0.25, 0.3) is 0 Å². The van der Waals surface area contributed by atoms with E-state index >= 15 is 0 Å². The van der Waals surface area contributed by atoms with Gasteiger partial charge in [0.1, 0.15) is 0 Å². The Kier molecular flexibility index (Phi) is 4.44. The zero-order chi connectivity index (χ0) is 13.0. The molecule has 18 heavy (non-hydrogen) atoms. The Bertz CT molecular complexity index is 405. The summed E-state index contributed by atoms with van der Waals surface area (Å²) in [6, 6.07) is 8.34. The number of carbonyl (C=O) groups excluding carboxylic acids is 1. The third-order valence-corrected chi connectivity index (χ3v) is 4.43. The Labute approximate surface area is 117 Å². The largest absolute Gasteiger partial charge is 0.465 e. The van der Waals surface area contributed by atoms with Gasteiger partial charge in [0.2, 0.25) is 0 Å². The van der Waals surface area contributed by atoms with Crippen molar-refractivity contribution in [2.75, 3.05) is 6.61 Å². The third kappa shape index (κ3) is 2.46. The lowest BCUT2D eigenvalue weighted by atomic mass is 9.78. The monoisotopic (exact) mass is 310 g/mol. The minimum absolute atomic E-state index is 0.0471. The van der Waals surface area contributed by atoms with Crippen LogP contribution in [-0.2, 0) is 20.3 Å². The van der Waals surface area contributed by atoms with Gasteiger partial charge in [0.15, 0.2) is 0 Å². The predicted molar refractivity (Wildman–Crippen MR) is 75.9 cm³/mol. The second kappa shape index (κ2) is 5.87. The van der Waals surface area contributed by atoms with Gasteiger partial charge in [-0.2, -0.15) is 0 Å². The fourth-order valence-electron chi connectivity index (χ4n) is 2.77. The molecular weight excluding hydrogens is 292 g/mol. The number of benzene rings is 1. The van der Waals surface area contributed by atoms with Crippen LogP contribution in [0.1, 0.15) is 43.7 Å². The van der Waals surface area contributed by atoms with E-state index in [9.17, 15) is 4.79 Å². The number of carbonyl (C=O) groups is 1. The summed E-state index contributed by atoms with van der Waals surface area (Å²) in [7, 11) is 0. The van der Waals surface area contributed by atoms with Gasteiger partial charge in [-0.15, -0.1) is 0 Å². The highest BCUT2D eigenvalue weighted by molar-refractivity contribution is 9.08. The molecule has 0 amide bonds. The molecule has 98 valence electrons. The normalized spacial score (nSPS) is 17.7. The van der Waals surface area contributed by atoms with Crippen LogP contribution in [0.5, 0.6) is 0 Å². The summed E-state index contributed by atoms with van der Waals surface area (Å²) in [6.45, 7) is 2.33. The molecule has 0 unspecified atom stereocenters. The number of ether oxygens (including phenoxy) is 1. The Morgan fingerprint density at radius 1 is 1.28 bits per heavy atom. The van der Waals surface area contributed by atoms with E-state index in [2.05, 4.69) is 40.2 Å². The van der Waals surface area contributed by atoms with E-state index in [4.69, 9.17) is 4.74 Å². The number of halogens is 1. The predicted octanol–water partition coefficient (Wildman–Crippen LogP) is 3.96. The van der Waals surface area contributed by atoms with Crippen LogP contribution in [0, 0.1) is 0 Å². The van der Waals surface area contributed by atoms with Crippen molar-refractivity contribution in [3.63, 3.8) is 0 Å². The number of rotatable bonds is 4. The van der Waals surface area contributed by atoms with Crippen molar-refractivity contribution in [1.29, 1.82) is 0 Å². The van der Waals surface area contributed by atoms with E-state index in [0.717, 1.165) is 36.6 Å². The fraction of sp³-hybridized carbons (Fsp3) is 0.533. The standard InChI is InChI=1S/C15H19BrO2/c1-2-18-14(17)15(9-3-4-10-15)13-7-5-12(11-16)6-8-13/h5-8H,2-4,9-11H2,1H3. The third-order valence-electron chi connectivity index (χ3n) is 3.78. The first-order valence-electron chi connectivity index (χ1n) is 6.55. The molecule has 2 nitrogen and oxygen atoms in total. The molecule has 0 atom stereocenters. The smallest absolute Gasteiger partial charge is 0.316 e. The quantitative estimate of drug-likeness (QED) is 0.621. The zero-order valence-electron chi connectivity index (χ0n) is 10.7. The van der Waals surface area contributed by atoms with Crippen LogP contribution in [0.4, 0.5) is 0 Å². The fourth-order valence-corrected chi connectivity index (χ4v) is 3.15. The highest BCUT2D eigenvalue weighted by Gasteiger charge is 2.43. The van der Waals surface area contributed by atoms with Crippen LogP contribution < -0.4 is 0 Å². The molecule has 0 radical (unpaired) electrons. The maximum atomic E-state index is 12.3. The van der Waals surface area contributed by atoms with Crippen molar-refractivity contribution < 1.29 is 9.53 Å². The highest BCUT2D eigenvalue weighted by atomic mass is 79.9. The lowest BCUT2D eigenvalue weighted by molar-refractivity contribution is -0.150. The van der Waals surface area contributed by atoms with Crippen LogP contribution in [-0.4, -0.2) is 12.6 Å². The summed E-state index contributed by atoms with van der Waals surface area (Å²) in [6.07, 6.45) is 4.05. The molecule has 3 heteroatoms. The van der Waals surface area contributed by atoms with Crippen LogP contribution in [0.2, 0.25) is 0 Å². The van der Waals surface area contributed by atoms with Crippen molar-refractivity contribution in [1.82, 2.24) is 0 Å². The SMILES string of the molecule is CCOC(=O)C1(c2ccc(CBr)cc2)CCCC1. The lowest BCUT2D eigenvalue weighted by Gasteiger charge is -2.27. The summed E-state index contributed by atoms with van der Waals surface area (Å²) in [5.41, 5.74) is 1.96. The Balaban J connectivity index is 2.31. The van der Waals surface area contributed by atoms with Gasteiger partial charge in [-0.25, -0.2) is 0 Å². The Morgan fingerprint density at radius 3 is 2.39 bits per heavy atom. The topological polar surface area (TPSA) is 26.3 Å². The molecule has 0 spiro atoms. The zero-order valence-corrected chi connectivity index (χ0v) is 12.3. The molecule has 0 heterocycles. The van der Waals surface area contributed by atoms with Gasteiger partial charge in [-0.3, -0.25) is 4.79 Å². The lowest BCUT2D eigenvalue weighted by Crippen LogP contribution is -2.34. The van der Waals surface area contributed by atoms with E-state index in [0.29, 0.717) is 6.61 Å². The van der Waals surface area contributed by atoms with Gasteiger partial charge in [-0.05, 0) is 30.9 Å². The van der Waals surface area contributed by atoms with Crippen molar-refractivity contribution >= 4 is 21.9 Å². The first-order valence-corrected chi connectivity index (χ1v) is 7.67. The van der Waals surface area contributed by atoms with Crippen molar-refractivity contribution in [3.05, 3.63) is 35.4 Å². The molecule has 0 aromatic heterocycles. The summed E-state index contributed by atoms with van der Waals surface area (Å²) >= 11 is 3.44. The Morgan fingerprint density at radius 2 is 1.89 bits per heavy atom. The molecule has 0 bridgehead atoms. The summed E-state index contributed by atoms with van der Waals surface area (Å²) in [4.78, 5) is 12.3. The molecular formula is C15H19BrO2. The molecule has 2 rings (SSSR count). The van der Waals surface area contributed by atoms with Gasteiger partial charge in [-0.1, -0.05) is 53.0 Å². The second-order valence-corrected chi connectivity index (χ2v) is 5.40. The highest BCUT2D eigenvalue weighted by Crippen LogP contribution is 2.42. The van der Waals surface area contributed by atoms with Crippen molar-refractivity contribution in [2.24, 2.45) is 0 Å². The van der Waals surface area contributed by atoms with E-state index < -0.39 is 0 Å². The van der Waals surface area contributed by atoms with Crippen molar-refractivity contribution in [2.45, 2.75) is 43.4 Å². The molecule has 1 fully saturated rings. The molecule has 1 aromatic rings. The van der Waals surface area contributed by atoms with E-state index in [1.54, 1.807) is 0 Å². The number of esters is 1. The number of hydrogen-bond donors (Lipinski definition) is 0. The minimum Gasteiger partial charge on any atom is -0.465 e. The van der Waals surface area contributed by atoms with E-state index in [1.807, 2.05) is 6.92 Å². The Hall–Kier alpha value is -0.830. The molecule has 1 aromatic carbocycles. The molecule has 0 saturated heterocycles. The van der Waals surface area contributed by atoms with E-state index in [1.165, 1.54) is 5.56 Å². The van der Waals surface area contributed by atoms with Gasteiger partial charge in [0.05, 0.1) is 12.0 Å². The average molecular weight is 311 g/mol. The number of alkyl halides is 1. The average Bonchev–Trinajstić information content (AvgIpc) is 2.90. The maximum absolute atomic E-state index is 12.3. The summed E-state index contributed by atoms with van der Waals surface area (Å²) in [5, 5.41) is 0.847. The van der Waals surface area contributed by atoms with Crippen molar-refractivity contribution in [3.8, 4) is 0 Å². The molecule has 1 aliphatic rings. The van der Waals surface area contributed by atoms with E-state index in [-0.39, 0.29) is 11.4 Å².